The maximum atomic E-state index is 11.7. The molecule has 22 heavy (non-hydrogen) atoms. The number of ketones is 1. The van der Waals surface area contributed by atoms with Crippen molar-refractivity contribution in [3.63, 3.8) is 0 Å². The van der Waals surface area contributed by atoms with E-state index in [2.05, 4.69) is 5.32 Å². The molecule has 0 saturated carbocycles. The van der Waals surface area contributed by atoms with E-state index in [0.717, 1.165) is 0 Å². The van der Waals surface area contributed by atoms with E-state index in [9.17, 15) is 19.2 Å². The first-order valence-electron chi connectivity index (χ1n) is 6.59. The van der Waals surface area contributed by atoms with Crippen LogP contribution in [0.25, 0.3) is 0 Å². The molecule has 0 radical (unpaired) electrons. The van der Waals surface area contributed by atoms with E-state index in [1.54, 1.807) is 31.6 Å². The van der Waals surface area contributed by atoms with Crippen LogP contribution in [0.2, 0.25) is 0 Å². The topological polar surface area (TPSA) is 92.8 Å². The third-order valence-corrected chi connectivity index (χ3v) is 3.56. The van der Waals surface area contributed by atoms with Crippen LogP contribution in [0.1, 0.15) is 22.5 Å². The molecule has 1 heterocycles. The minimum absolute atomic E-state index is 0.0417. The van der Waals surface area contributed by atoms with Crippen LogP contribution in [0.4, 0.5) is 0 Å². The summed E-state index contributed by atoms with van der Waals surface area (Å²) in [5, 5.41) is 4.12. The van der Waals surface area contributed by atoms with Gasteiger partial charge in [-0.25, -0.2) is 0 Å². The number of Topliss-reactive ketones (excluding diaryl/α,β-unsaturated/α-hetero) is 1. The average molecular weight is 326 g/mol. The molecule has 0 saturated heterocycles. The molecule has 2 amide bonds. The first-order valence-corrected chi connectivity index (χ1v) is 7.47. The van der Waals surface area contributed by atoms with Crippen molar-refractivity contribution in [1.82, 2.24) is 10.2 Å². The number of likely N-dealkylation sites (N-methyl/N-ethyl adjacent to an activating group) is 1. The molecule has 120 valence electrons. The van der Waals surface area contributed by atoms with Gasteiger partial charge in [-0.3, -0.25) is 19.2 Å². The van der Waals surface area contributed by atoms with Gasteiger partial charge in [-0.15, -0.1) is 11.3 Å². The Balaban J connectivity index is 2.19. The van der Waals surface area contributed by atoms with Crippen molar-refractivity contribution >= 4 is 34.9 Å². The van der Waals surface area contributed by atoms with Crippen molar-refractivity contribution in [3.8, 4) is 0 Å². The number of nitrogens with one attached hydrogen (secondary N) is 1. The molecule has 1 aromatic rings. The number of rotatable bonds is 8. The van der Waals surface area contributed by atoms with Crippen molar-refractivity contribution in [2.75, 3.05) is 27.2 Å². The first-order chi connectivity index (χ1) is 10.4. The number of amides is 2. The number of hydrogen-bond acceptors (Lipinski definition) is 6. The molecule has 7 nitrogen and oxygen atoms in total. The van der Waals surface area contributed by atoms with Crippen molar-refractivity contribution in [2.45, 2.75) is 12.8 Å². The summed E-state index contributed by atoms with van der Waals surface area (Å²) in [4.78, 5) is 47.7. The van der Waals surface area contributed by atoms with Gasteiger partial charge >= 0.3 is 5.97 Å². The van der Waals surface area contributed by atoms with Gasteiger partial charge in [0.05, 0.1) is 17.8 Å². The molecule has 1 aromatic heterocycles. The second-order valence-corrected chi connectivity index (χ2v) is 5.57. The standard InChI is InChI=1S/C14H18N2O5S/c1-16(2)13(19)8-15-12(18)9-21-14(20)6-5-10(17)11-4-3-7-22-11/h3-4,7H,5-6,8-9H2,1-2H3,(H,15,18). The SMILES string of the molecule is CN(C)C(=O)CNC(=O)COC(=O)CCC(=O)c1cccs1. The summed E-state index contributed by atoms with van der Waals surface area (Å²) in [6.07, 6.45) is -0.0409. The first kappa shape index (κ1) is 17.8. The van der Waals surface area contributed by atoms with E-state index in [0.29, 0.717) is 4.88 Å². The Bertz CT molecular complexity index is 539. The fourth-order valence-corrected chi connectivity index (χ4v) is 2.07. The largest absolute Gasteiger partial charge is 0.456 e. The van der Waals surface area contributed by atoms with Gasteiger partial charge in [0.15, 0.2) is 12.4 Å². The number of ether oxygens (including phenoxy) is 1. The summed E-state index contributed by atoms with van der Waals surface area (Å²) < 4.78 is 4.74. The zero-order chi connectivity index (χ0) is 16.5. The number of hydrogen-bond donors (Lipinski definition) is 1. The van der Waals surface area contributed by atoms with Gasteiger partial charge < -0.3 is 15.0 Å². The van der Waals surface area contributed by atoms with Crippen LogP contribution in [0, 0.1) is 0 Å². The number of esters is 1. The molecule has 0 aliphatic carbocycles. The Labute approximate surface area is 132 Å². The summed E-state index contributed by atoms with van der Waals surface area (Å²) in [5.74, 6) is -1.58. The predicted octanol–water partition coefficient (Wildman–Crippen LogP) is 0.459. The molecule has 0 aromatic carbocycles. The molecule has 8 heteroatoms. The van der Waals surface area contributed by atoms with Crippen LogP contribution < -0.4 is 5.32 Å². The Hall–Kier alpha value is -2.22. The van der Waals surface area contributed by atoms with Crippen molar-refractivity contribution in [2.24, 2.45) is 0 Å². The molecule has 0 aliphatic heterocycles. The second-order valence-electron chi connectivity index (χ2n) is 4.63. The molecule has 0 unspecified atom stereocenters. The maximum absolute atomic E-state index is 11.7. The molecule has 0 aliphatic rings. The van der Waals surface area contributed by atoms with E-state index in [4.69, 9.17) is 4.74 Å². The lowest BCUT2D eigenvalue weighted by Crippen LogP contribution is -2.38. The normalized spacial score (nSPS) is 9.91. The van der Waals surface area contributed by atoms with Gasteiger partial charge in [-0.2, -0.15) is 0 Å². The fourth-order valence-electron chi connectivity index (χ4n) is 1.38. The summed E-state index contributed by atoms with van der Waals surface area (Å²) in [5.41, 5.74) is 0. The zero-order valence-corrected chi connectivity index (χ0v) is 13.3. The van der Waals surface area contributed by atoms with E-state index < -0.39 is 18.5 Å². The van der Waals surface area contributed by atoms with Crippen LogP contribution in [-0.2, 0) is 19.1 Å². The van der Waals surface area contributed by atoms with Crippen molar-refractivity contribution in [1.29, 1.82) is 0 Å². The van der Waals surface area contributed by atoms with E-state index >= 15 is 0 Å². The Morgan fingerprint density at radius 3 is 2.55 bits per heavy atom. The minimum Gasteiger partial charge on any atom is -0.456 e. The lowest BCUT2D eigenvalue weighted by Gasteiger charge is -2.11. The molecule has 0 bridgehead atoms. The second kappa shape index (κ2) is 8.93. The molecule has 1 N–H and O–H groups in total. The molecule has 1 rings (SSSR count). The van der Waals surface area contributed by atoms with E-state index in [1.807, 2.05) is 0 Å². The third-order valence-electron chi connectivity index (χ3n) is 2.65. The van der Waals surface area contributed by atoms with Gasteiger partial charge in [-0.05, 0) is 11.4 Å². The average Bonchev–Trinajstić information content (AvgIpc) is 3.02. The van der Waals surface area contributed by atoms with Gasteiger partial charge in [0.2, 0.25) is 5.91 Å². The maximum Gasteiger partial charge on any atom is 0.306 e. The molecular weight excluding hydrogens is 308 g/mol. The van der Waals surface area contributed by atoms with Gasteiger partial charge in [-0.1, -0.05) is 6.07 Å². The lowest BCUT2D eigenvalue weighted by molar-refractivity contribution is -0.148. The van der Waals surface area contributed by atoms with E-state index in [1.165, 1.54) is 16.2 Å². The van der Waals surface area contributed by atoms with Crippen LogP contribution >= 0.6 is 11.3 Å². The summed E-state index contributed by atoms with van der Waals surface area (Å²) in [6, 6.07) is 3.45. The minimum atomic E-state index is -0.626. The molecular formula is C14H18N2O5S. The Morgan fingerprint density at radius 1 is 1.23 bits per heavy atom. The predicted molar refractivity (Wildman–Crippen MR) is 80.5 cm³/mol. The van der Waals surface area contributed by atoms with Gasteiger partial charge in [0.1, 0.15) is 0 Å². The van der Waals surface area contributed by atoms with Crippen LogP contribution in [-0.4, -0.2) is 55.7 Å². The lowest BCUT2D eigenvalue weighted by atomic mass is 10.2. The smallest absolute Gasteiger partial charge is 0.306 e. The Kier molecular flexibility index (Phi) is 7.24. The van der Waals surface area contributed by atoms with Crippen molar-refractivity contribution < 1.29 is 23.9 Å². The monoisotopic (exact) mass is 326 g/mol. The molecule has 0 fully saturated rings. The highest BCUT2D eigenvalue weighted by Gasteiger charge is 2.13. The summed E-state index contributed by atoms with van der Waals surface area (Å²) >= 11 is 1.31. The van der Waals surface area contributed by atoms with Crippen molar-refractivity contribution in [3.05, 3.63) is 22.4 Å². The highest BCUT2D eigenvalue weighted by molar-refractivity contribution is 7.12. The highest BCUT2D eigenvalue weighted by atomic mass is 32.1. The Morgan fingerprint density at radius 2 is 1.95 bits per heavy atom. The number of thiophene rings is 1. The number of carbonyl (C=O) groups excluding carboxylic acids is 4. The number of carbonyl (C=O) groups is 4. The van der Waals surface area contributed by atoms with E-state index in [-0.39, 0.29) is 31.1 Å². The molecule has 0 atom stereocenters. The van der Waals surface area contributed by atoms with Crippen LogP contribution in [0.15, 0.2) is 17.5 Å². The zero-order valence-electron chi connectivity index (χ0n) is 12.5. The highest BCUT2D eigenvalue weighted by Crippen LogP contribution is 2.12. The summed E-state index contributed by atoms with van der Waals surface area (Å²) in [6.45, 7) is -0.618. The van der Waals surface area contributed by atoms with Gasteiger partial charge in [0, 0.05) is 20.5 Å². The number of nitrogens with zero attached hydrogens (tertiary/aromatic N) is 1. The van der Waals surface area contributed by atoms with Gasteiger partial charge in [0.25, 0.3) is 5.91 Å². The fraction of sp³-hybridized carbons (Fsp3) is 0.429. The van der Waals surface area contributed by atoms with Crippen LogP contribution in [0.3, 0.4) is 0 Å². The summed E-state index contributed by atoms with van der Waals surface area (Å²) in [7, 11) is 3.14. The quantitative estimate of drug-likeness (QED) is 0.553. The molecule has 0 spiro atoms. The van der Waals surface area contributed by atoms with Crippen LogP contribution in [0.5, 0.6) is 0 Å². The third kappa shape index (κ3) is 6.49.